The van der Waals surface area contributed by atoms with Crippen molar-refractivity contribution in [3.63, 3.8) is 0 Å². The van der Waals surface area contributed by atoms with Crippen LogP contribution >= 0.6 is 0 Å². The van der Waals surface area contributed by atoms with Crippen LogP contribution in [0.1, 0.15) is 48.8 Å². The molecular weight excluding hydrogens is 268 g/mol. The molecular formula is C16H20N2O3. The van der Waals surface area contributed by atoms with Crippen LogP contribution < -0.4 is 0 Å². The summed E-state index contributed by atoms with van der Waals surface area (Å²) >= 11 is 0. The quantitative estimate of drug-likeness (QED) is 0.887. The lowest BCUT2D eigenvalue weighted by atomic mass is 9.94. The first-order chi connectivity index (χ1) is 9.93. The minimum atomic E-state index is -0.939. The fourth-order valence-electron chi connectivity index (χ4n) is 2.67. The molecule has 5 nitrogen and oxygen atoms in total. The molecule has 0 saturated heterocycles. The van der Waals surface area contributed by atoms with E-state index in [0.29, 0.717) is 18.0 Å². The lowest BCUT2D eigenvalue weighted by molar-refractivity contribution is 0.0698. The number of hydrogen-bond donors (Lipinski definition) is 2. The van der Waals surface area contributed by atoms with Gasteiger partial charge in [0.05, 0.1) is 16.6 Å². The normalized spacial score (nSPS) is 15.6. The smallest absolute Gasteiger partial charge is 0.337 e. The first kappa shape index (κ1) is 14.1. The molecule has 21 heavy (non-hydrogen) atoms. The number of para-hydroxylation sites is 1. The summed E-state index contributed by atoms with van der Waals surface area (Å²) in [6.07, 6.45) is 2.20. The standard InChI is InChI=1S/C16H20N2O3/c1-16(2,9-19)8-18-13-11(15(20)21)4-3-5-12(13)17-14(18)10-6-7-10/h3-5,10,19H,6-9H2,1-2H3,(H,20,21). The first-order valence-electron chi connectivity index (χ1n) is 7.26. The third-order valence-corrected chi connectivity index (χ3v) is 3.98. The van der Waals surface area contributed by atoms with Crippen molar-refractivity contribution in [2.75, 3.05) is 6.61 Å². The van der Waals surface area contributed by atoms with Gasteiger partial charge in [0, 0.05) is 24.5 Å². The van der Waals surface area contributed by atoms with Crippen molar-refractivity contribution in [3.05, 3.63) is 29.6 Å². The van der Waals surface area contributed by atoms with Crippen LogP contribution in [-0.2, 0) is 6.54 Å². The number of aliphatic hydroxyl groups excluding tert-OH is 1. The second-order valence-corrected chi connectivity index (χ2v) is 6.63. The fraction of sp³-hybridized carbons (Fsp3) is 0.500. The molecule has 2 aromatic rings. The zero-order chi connectivity index (χ0) is 15.2. The molecule has 1 aromatic heterocycles. The van der Waals surface area contributed by atoms with E-state index in [1.54, 1.807) is 12.1 Å². The predicted molar refractivity (Wildman–Crippen MR) is 79.5 cm³/mol. The van der Waals surface area contributed by atoms with Crippen molar-refractivity contribution in [1.82, 2.24) is 9.55 Å². The number of nitrogens with zero attached hydrogens (tertiary/aromatic N) is 2. The Hall–Kier alpha value is -1.88. The number of imidazole rings is 1. The average molecular weight is 288 g/mol. The molecule has 2 N–H and O–H groups in total. The number of aromatic nitrogens is 2. The van der Waals surface area contributed by atoms with E-state index in [9.17, 15) is 15.0 Å². The first-order valence-corrected chi connectivity index (χ1v) is 7.26. The molecule has 3 rings (SSSR count). The minimum absolute atomic E-state index is 0.0476. The van der Waals surface area contributed by atoms with Crippen molar-refractivity contribution < 1.29 is 15.0 Å². The summed E-state index contributed by atoms with van der Waals surface area (Å²) in [6.45, 7) is 4.56. The van der Waals surface area contributed by atoms with E-state index in [2.05, 4.69) is 4.98 Å². The van der Waals surface area contributed by atoms with Crippen molar-refractivity contribution in [2.45, 2.75) is 39.2 Å². The van der Waals surface area contributed by atoms with E-state index in [4.69, 9.17) is 0 Å². The highest BCUT2D eigenvalue weighted by molar-refractivity contribution is 6.01. The maximum atomic E-state index is 11.5. The molecule has 1 aliphatic carbocycles. The maximum Gasteiger partial charge on any atom is 0.337 e. The number of benzene rings is 1. The lowest BCUT2D eigenvalue weighted by Gasteiger charge is -2.24. The molecule has 1 saturated carbocycles. The average Bonchev–Trinajstić information content (AvgIpc) is 3.22. The Balaban J connectivity index is 2.22. The highest BCUT2D eigenvalue weighted by Crippen LogP contribution is 2.42. The molecule has 0 amide bonds. The van der Waals surface area contributed by atoms with Crippen LogP contribution in [0.25, 0.3) is 11.0 Å². The van der Waals surface area contributed by atoms with Crippen molar-refractivity contribution in [2.24, 2.45) is 5.41 Å². The van der Waals surface area contributed by atoms with Crippen LogP contribution in [0.2, 0.25) is 0 Å². The van der Waals surface area contributed by atoms with Crippen LogP contribution in [0.15, 0.2) is 18.2 Å². The summed E-state index contributed by atoms with van der Waals surface area (Å²) in [5.41, 5.74) is 1.36. The second-order valence-electron chi connectivity index (χ2n) is 6.63. The second kappa shape index (κ2) is 4.84. The topological polar surface area (TPSA) is 75.3 Å². The summed E-state index contributed by atoms with van der Waals surface area (Å²) in [5.74, 6) is 0.444. The van der Waals surface area contributed by atoms with Gasteiger partial charge in [0.1, 0.15) is 5.82 Å². The van der Waals surface area contributed by atoms with Gasteiger partial charge < -0.3 is 14.8 Å². The van der Waals surface area contributed by atoms with Gasteiger partial charge in [-0.25, -0.2) is 9.78 Å². The lowest BCUT2D eigenvalue weighted by Crippen LogP contribution is -2.25. The molecule has 0 aliphatic heterocycles. The molecule has 5 heteroatoms. The van der Waals surface area contributed by atoms with Gasteiger partial charge in [0.15, 0.2) is 0 Å². The van der Waals surface area contributed by atoms with Crippen LogP contribution in [-0.4, -0.2) is 32.3 Å². The monoisotopic (exact) mass is 288 g/mol. The van der Waals surface area contributed by atoms with Crippen LogP contribution in [0, 0.1) is 5.41 Å². The van der Waals surface area contributed by atoms with E-state index in [0.717, 1.165) is 24.2 Å². The number of rotatable bonds is 5. The van der Waals surface area contributed by atoms with Crippen LogP contribution in [0.4, 0.5) is 0 Å². The van der Waals surface area contributed by atoms with Gasteiger partial charge in [-0.05, 0) is 25.0 Å². The highest BCUT2D eigenvalue weighted by atomic mass is 16.4. The van der Waals surface area contributed by atoms with E-state index < -0.39 is 5.97 Å². The molecule has 1 aliphatic rings. The number of fused-ring (bicyclic) bond motifs is 1. The molecule has 0 spiro atoms. The van der Waals surface area contributed by atoms with Gasteiger partial charge in [-0.15, -0.1) is 0 Å². The van der Waals surface area contributed by atoms with Gasteiger partial charge in [0.25, 0.3) is 0 Å². The zero-order valence-corrected chi connectivity index (χ0v) is 12.3. The Kier molecular flexibility index (Phi) is 3.24. The molecule has 1 heterocycles. The molecule has 1 fully saturated rings. The van der Waals surface area contributed by atoms with E-state index >= 15 is 0 Å². The molecule has 0 unspecified atom stereocenters. The Morgan fingerprint density at radius 3 is 2.71 bits per heavy atom. The van der Waals surface area contributed by atoms with E-state index in [1.165, 1.54) is 0 Å². The Morgan fingerprint density at radius 2 is 2.14 bits per heavy atom. The number of aliphatic hydroxyl groups is 1. The number of hydrogen-bond acceptors (Lipinski definition) is 3. The van der Waals surface area contributed by atoms with Crippen molar-refractivity contribution in [3.8, 4) is 0 Å². The summed E-state index contributed by atoms with van der Waals surface area (Å²) in [6, 6.07) is 5.21. The number of carboxylic acid groups (broad SMARTS) is 1. The Morgan fingerprint density at radius 1 is 1.43 bits per heavy atom. The third-order valence-electron chi connectivity index (χ3n) is 3.98. The summed E-state index contributed by atoms with van der Waals surface area (Å²) < 4.78 is 2.01. The molecule has 1 aromatic carbocycles. The predicted octanol–water partition coefficient (Wildman–Crippen LogP) is 2.63. The number of carboxylic acids is 1. The summed E-state index contributed by atoms with van der Waals surface area (Å²) in [5, 5.41) is 19.0. The van der Waals surface area contributed by atoms with Crippen molar-refractivity contribution >= 4 is 17.0 Å². The van der Waals surface area contributed by atoms with Gasteiger partial charge in [-0.3, -0.25) is 0 Å². The van der Waals surface area contributed by atoms with Gasteiger partial charge in [-0.1, -0.05) is 19.9 Å². The molecule has 0 radical (unpaired) electrons. The van der Waals surface area contributed by atoms with Crippen LogP contribution in [0.3, 0.4) is 0 Å². The third kappa shape index (κ3) is 2.53. The largest absolute Gasteiger partial charge is 0.478 e. The van der Waals surface area contributed by atoms with Crippen molar-refractivity contribution in [1.29, 1.82) is 0 Å². The van der Waals surface area contributed by atoms with Crippen LogP contribution in [0.5, 0.6) is 0 Å². The van der Waals surface area contributed by atoms with E-state index in [-0.39, 0.29) is 17.6 Å². The zero-order valence-electron chi connectivity index (χ0n) is 12.3. The molecule has 0 bridgehead atoms. The minimum Gasteiger partial charge on any atom is -0.478 e. The Bertz CT molecular complexity index is 699. The summed E-state index contributed by atoms with van der Waals surface area (Å²) in [4.78, 5) is 16.2. The fourth-order valence-corrected chi connectivity index (χ4v) is 2.67. The van der Waals surface area contributed by atoms with E-state index in [1.807, 2.05) is 24.5 Å². The Labute approximate surface area is 123 Å². The summed E-state index contributed by atoms with van der Waals surface area (Å²) in [7, 11) is 0. The number of carbonyl (C=O) groups is 1. The van der Waals surface area contributed by atoms with Gasteiger partial charge in [0.2, 0.25) is 0 Å². The van der Waals surface area contributed by atoms with Gasteiger partial charge in [-0.2, -0.15) is 0 Å². The van der Waals surface area contributed by atoms with Gasteiger partial charge >= 0.3 is 5.97 Å². The molecule has 112 valence electrons. The number of aromatic carboxylic acids is 1. The maximum absolute atomic E-state index is 11.5. The highest BCUT2D eigenvalue weighted by Gasteiger charge is 2.32. The SMILES string of the molecule is CC(C)(CO)Cn1c(C2CC2)nc2cccc(C(=O)O)c21. The molecule has 0 atom stereocenters.